The van der Waals surface area contributed by atoms with Crippen LogP contribution in [-0.2, 0) is 16.1 Å². The van der Waals surface area contributed by atoms with Gasteiger partial charge < -0.3 is 9.72 Å². The lowest BCUT2D eigenvalue weighted by molar-refractivity contribution is -0.150. The van der Waals surface area contributed by atoms with Gasteiger partial charge in [-0.2, -0.15) is 0 Å². The average molecular weight is 418 g/mol. The second kappa shape index (κ2) is 8.14. The zero-order valence-corrected chi connectivity index (χ0v) is 17.6. The predicted octanol–water partition coefficient (Wildman–Crippen LogP) is 3.80. The number of ether oxygens (including phenoxy) is 1. The Bertz CT molecular complexity index is 1050. The van der Waals surface area contributed by atoms with E-state index in [1.54, 1.807) is 11.3 Å². The van der Waals surface area contributed by atoms with Gasteiger partial charge in [-0.1, -0.05) is 0 Å². The van der Waals surface area contributed by atoms with Gasteiger partial charge >= 0.3 is 5.97 Å². The number of piperidine rings is 1. The maximum Gasteiger partial charge on any atom is 0.310 e. The molecule has 1 atom stereocenters. The summed E-state index contributed by atoms with van der Waals surface area (Å²) in [5.74, 6) is 0.426. The summed E-state index contributed by atoms with van der Waals surface area (Å²) in [5, 5.41) is 2.68. The van der Waals surface area contributed by atoms with Crippen molar-refractivity contribution in [3.05, 3.63) is 38.6 Å². The molecule has 1 aliphatic heterocycles. The number of carbonyl (C=O) groups is 1. The van der Waals surface area contributed by atoms with Gasteiger partial charge in [-0.25, -0.2) is 4.98 Å². The molecule has 0 saturated carbocycles. The lowest BCUT2D eigenvalue weighted by Crippen LogP contribution is -2.39. The van der Waals surface area contributed by atoms with Crippen LogP contribution < -0.4 is 5.56 Å². The molecule has 148 valence electrons. The Kier molecular flexibility index (Phi) is 5.61. The van der Waals surface area contributed by atoms with E-state index in [4.69, 9.17) is 9.72 Å². The highest BCUT2D eigenvalue weighted by atomic mass is 32.1. The number of H-pyrrole nitrogens is 1. The zero-order chi connectivity index (χ0) is 19.7. The fourth-order valence-electron chi connectivity index (χ4n) is 3.69. The van der Waals surface area contributed by atoms with Crippen molar-refractivity contribution in [1.82, 2.24) is 14.9 Å². The summed E-state index contributed by atoms with van der Waals surface area (Å²) >= 11 is 3.19. The molecule has 0 bridgehead atoms. The first-order chi connectivity index (χ1) is 13.5. The molecule has 0 aliphatic carbocycles. The molecule has 0 amide bonds. The summed E-state index contributed by atoms with van der Waals surface area (Å²) in [6, 6.07) is 4.12. The number of thiophene rings is 2. The lowest BCUT2D eigenvalue weighted by atomic mass is 9.98. The molecule has 28 heavy (non-hydrogen) atoms. The Morgan fingerprint density at radius 2 is 2.29 bits per heavy atom. The highest BCUT2D eigenvalue weighted by Gasteiger charge is 2.27. The first-order valence-electron chi connectivity index (χ1n) is 9.51. The highest BCUT2D eigenvalue weighted by Crippen LogP contribution is 2.35. The van der Waals surface area contributed by atoms with E-state index in [9.17, 15) is 9.59 Å². The van der Waals surface area contributed by atoms with Crippen LogP contribution in [0.4, 0.5) is 0 Å². The van der Waals surface area contributed by atoms with Crippen LogP contribution in [0.3, 0.4) is 0 Å². The van der Waals surface area contributed by atoms with Gasteiger partial charge in [-0.15, -0.1) is 22.7 Å². The van der Waals surface area contributed by atoms with Crippen molar-refractivity contribution in [1.29, 1.82) is 0 Å². The monoisotopic (exact) mass is 417 g/mol. The molecule has 6 nitrogen and oxygen atoms in total. The topological polar surface area (TPSA) is 75.3 Å². The van der Waals surface area contributed by atoms with Gasteiger partial charge in [-0.05, 0) is 45.4 Å². The molecule has 1 aliphatic rings. The lowest BCUT2D eigenvalue weighted by Gasteiger charge is -2.30. The van der Waals surface area contributed by atoms with Crippen molar-refractivity contribution < 1.29 is 9.53 Å². The van der Waals surface area contributed by atoms with E-state index >= 15 is 0 Å². The van der Waals surface area contributed by atoms with Crippen molar-refractivity contribution >= 4 is 38.9 Å². The summed E-state index contributed by atoms with van der Waals surface area (Å²) in [4.78, 5) is 37.7. The van der Waals surface area contributed by atoms with Gasteiger partial charge in [0.2, 0.25) is 0 Å². The summed E-state index contributed by atoms with van der Waals surface area (Å²) < 4.78 is 5.17. The minimum absolute atomic E-state index is 0.0961. The average Bonchev–Trinajstić information content (AvgIpc) is 3.28. The maximum atomic E-state index is 12.8. The van der Waals surface area contributed by atoms with Crippen LogP contribution in [0.15, 0.2) is 22.3 Å². The normalized spacial score (nSPS) is 17.9. The molecular formula is C20H23N3O3S2. The van der Waals surface area contributed by atoms with Crippen LogP contribution in [0.5, 0.6) is 0 Å². The van der Waals surface area contributed by atoms with Crippen molar-refractivity contribution in [2.45, 2.75) is 33.2 Å². The van der Waals surface area contributed by atoms with E-state index in [1.807, 2.05) is 12.3 Å². The number of nitrogens with one attached hydrogen (secondary N) is 1. The number of aromatic amines is 1. The van der Waals surface area contributed by atoms with Gasteiger partial charge in [0.05, 0.1) is 24.5 Å². The van der Waals surface area contributed by atoms with Crippen LogP contribution in [-0.4, -0.2) is 40.5 Å². The number of esters is 1. The van der Waals surface area contributed by atoms with Gasteiger partial charge in [0.1, 0.15) is 10.7 Å². The standard InChI is InChI=1S/C20H23N3O3S2/c1-3-26-20(25)13-5-4-8-23(9-13)10-16-21-18(24)17-14(11-27-19(17)22-16)15-7-6-12(2)28-15/h6-7,11,13H,3-5,8-10H2,1-2H3,(H,21,22,24)/t13-/m1/s1. The SMILES string of the molecule is CCOC(=O)[C@@H]1CCCN(Cc2nc3scc(-c4ccc(C)s4)c3c(=O)[nH]2)C1. The Morgan fingerprint density at radius 3 is 3.04 bits per heavy atom. The van der Waals surface area contributed by atoms with Crippen LogP contribution >= 0.6 is 22.7 Å². The molecule has 0 aromatic carbocycles. The molecule has 1 saturated heterocycles. The number of aryl methyl sites for hydroxylation is 1. The Labute approximate surface area is 171 Å². The smallest absolute Gasteiger partial charge is 0.310 e. The number of likely N-dealkylation sites (tertiary alicyclic amines) is 1. The Morgan fingerprint density at radius 1 is 1.43 bits per heavy atom. The van der Waals surface area contributed by atoms with Crippen LogP contribution in [0.25, 0.3) is 20.7 Å². The molecule has 1 fully saturated rings. The molecule has 1 N–H and O–H groups in total. The number of nitrogens with zero attached hydrogens (tertiary/aromatic N) is 2. The molecule has 4 rings (SSSR count). The fourth-order valence-corrected chi connectivity index (χ4v) is 5.61. The third-order valence-electron chi connectivity index (χ3n) is 5.00. The quantitative estimate of drug-likeness (QED) is 0.639. The fraction of sp³-hybridized carbons (Fsp3) is 0.450. The van der Waals surface area contributed by atoms with E-state index in [2.05, 4.69) is 28.9 Å². The predicted molar refractivity (Wildman–Crippen MR) is 113 cm³/mol. The highest BCUT2D eigenvalue weighted by molar-refractivity contribution is 7.19. The molecule has 3 aromatic heterocycles. The number of rotatable bonds is 5. The largest absolute Gasteiger partial charge is 0.466 e. The van der Waals surface area contributed by atoms with Crippen molar-refractivity contribution in [3.8, 4) is 10.4 Å². The third kappa shape index (κ3) is 3.90. The number of aromatic nitrogens is 2. The van der Waals surface area contributed by atoms with Gasteiger partial charge in [0, 0.05) is 27.2 Å². The molecule has 3 aromatic rings. The van der Waals surface area contributed by atoms with Crippen LogP contribution in [0, 0.1) is 12.8 Å². The number of fused-ring (bicyclic) bond motifs is 1. The first-order valence-corrected chi connectivity index (χ1v) is 11.2. The summed E-state index contributed by atoms with van der Waals surface area (Å²) in [7, 11) is 0. The van der Waals surface area contributed by atoms with E-state index in [-0.39, 0.29) is 17.4 Å². The number of hydrogen-bond donors (Lipinski definition) is 1. The Balaban J connectivity index is 1.55. The molecule has 0 spiro atoms. The maximum absolute atomic E-state index is 12.8. The molecule has 0 radical (unpaired) electrons. The van der Waals surface area contributed by atoms with E-state index < -0.39 is 0 Å². The molecule has 4 heterocycles. The number of hydrogen-bond acceptors (Lipinski definition) is 7. The van der Waals surface area contributed by atoms with Gasteiger partial charge in [-0.3, -0.25) is 14.5 Å². The summed E-state index contributed by atoms with van der Waals surface area (Å²) in [6.07, 6.45) is 1.80. The van der Waals surface area contributed by atoms with Crippen LogP contribution in [0.2, 0.25) is 0 Å². The summed E-state index contributed by atoms with van der Waals surface area (Å²) in [6.45, 7) is 6.37. The Hall–Kier alpha value is -2.03. The van der Waals surface area contributed by atoms with Crippen LogP contribution in [0.1, 0.15) is 30.5 Å². The molecular weight excluding hydrogens is 394 g/mol. The number of carbonyl (C=O) groups excluding carboxylic acids is 1. The minimum atomic E-state index is -0.127. The van der Waals surface area contributed by atoms with Gasteiger partial charge in [0.15, 0.2) is 0 Å². The third-order valence-corrected chi connectivity index (χ3v) is 6.90. The second-order valence-electron chi connectivity index (χ2n) is 7.08. The summed E-state index contributed by atoms with van der Waals surface area (Å²) in [5.41, 5.74) is 0.861. The zero-order valence-electron chi connectivity index (χ0n) is 16.0. The van der Waals surface area contributed by atoms with E-state index in [0.29, 0.717) is 30.9 Å². The van der Waals surface area contributed by atoms with Crippen molar-refractivity contribution in [2.24, 2.45) is 5.92 Å². The van der Waals surface area contributed by atoms with E-state index in [0.717, 1.165) is 34.7 Å². The molecule has 8 heteroatoms. The van der Waals surface area contributed by atoms with Gasteiger partial charge in [0.25, 0.3) is 5.56 Å². The van der Waals surface area contributed by atoms with Crippen molar-refractivity contribution in [2.75, 3.05) is 19.7 Å². The van der Waals surface area contributed by atoms with E-state index in [1.165, 1.54) is 16.2 Å². The van der Waals surface area contributed by atoms with Crippen molar-refractivity contribution in [3.63, 3.8) is 0 Å². The molecule has 0 unspecified atom stereocenters. The minimum Gasteiger partial charge on any atom is -0.466 e. The second-order valence-corrected chi connectivity index (χ2v) is 9.22. The first kappa shape index (κ1) is 19.3.